The lowest BCUT2D eigenvalue weighted by atomic mass is 10.2. The van der Waals surface area contributed by atoms with E-state index >= 15 is 0 Å². The van der Waals surface area contributed by atoms with Crippen molar-refractivity contribution in [2.24, 2.45) is 0 Å². The van der Waals surface area contributed by atoms with Crippen LogP contribution in [0.3, 0.4) is 0 Å². The van der Waals surface area contributed by atoms with Crippen LogP contribution in [0.5, 0.6) is 0 Å². The first-order valence-corrected chi connectivity index (χ1v) is 5.43. The van der Waals surface area contributed by atoms with Crippen LogP contribution in [0.1, 0.15) is 53.6 Å². The largest absolute Gasteiger partial charge is 0.336 e. The van der Waals surface area contributed by atoms with Gasteiger partial charge in [0.05, 0.1) is 11.4 Å². The zero-order valence-corrected chi connectivity index (χ0v) is 9.11. The molecule has 0 fully saturated rings. The smallest absolute Gasteiger partial charge is 0.166 e. The molecule has 3 nitrogen and oxygen atoms in total. The van der Waals surface area contributed by atoms with Gasteiger partial charge in [0.2, 0.25) is 0 Å². The number of carbonyl (C=O) groups excluding carboxylic acids is 2. The Bertz CT molecular complexity index is 303. The fourth-order valence-corrected chi connectivity index (χ4v) is 1.66. The lowest BCUT2D eigenvalue weighted by Crippen LogP contribution is -2.06. The molecular formula is C12H17NO2. The highest BCUT2D eigenvalue weighted by Gasteiger charge is 2.05. The summed E-state index contributed by atoms with van der Waals surface area (Å²) in [5, 5.41) is 0. The van der Waals surface area contributed by atoms with Gasteiger partial charge in [-0.2, -0.15) is 0 Å². The van der Waals surface area contributed by atoms with Gasteiger partial charge in [0.15, 0.2) is 12.6 Å². The van der Waals surface area contributed by atoms with Crippen molar-refractivity contribution in [3.8, 4) is 0 Å². The third kappa shape index (κ3) is 3.05. The van der Waals surface area contributed by atoms with E-state index in [0.717, 1.165) is 32.0 Å². The monoisotopic (exact) mass is 207 g/mol. The highest BCUT2D eigenvalue weighted by molar-refractivity contribution is 5.79. The number of carbonyl (C=O) groups is 2. The topological polar surface area (TPSA) is 39.1 Å². The molecule has 0 aliphatic carbocycles. The average molecular weight is 207 g/mol. The van der Waals surface area contributed by atoms with Crippen molar-refractivity contribution < 1.29 is 9.59 Å². The molecule has 0 aromatic carbocycles. The highest BCUT2D eigenvalue weighted by atomic mass is 16.1. The molecule has 0 N–H and O–H groups in total. The molecule has 15 heavy (non-hydrogen) atoms. The van der Waals surface area contributed by atoms with E-state index in [-0.39, 0.29) is 0 Å². The third-order valence-corrected chi connectivity index (χ3v) is 2.52. The summed E-state index contributed by atoms with van der Waals surface area (Å²) in [7, 11) is 0. The molecule has 1 aromatic heterocycles. The summed E-state index contributed by atoms with van der Waals surface area (Å²) < 4.78 is 1.79. The summed E-state index contributed by atoms with van der Waals surface area (Å²) >= 11 is 0. The second-order valence-corrected chi connectivity index (χ2v) is 3.63. The van der Waals surface area contributed by atoms with Crippen molar-refractivity contribution in [3.63, 3.8) is 0 Å². The Morgan fingerprint density at radius 1 is 1.07 bits per heavy atom. The van der Waals surface area contributed by atoms with E-state index in [0.29, 0.717) is 11.4 Å². The second-order valence-electron chi connectivity index (χ2n) is 3.63. The number of nitrogens with zero attached hydrogens (tertiary/aromatic N) is 1. The van der Waals surface area contributed by atoms with Crippen LogP contribution in [-0.4, -0.2) is 17.1 Å². The van der Waals surface area contributed by atoms with Crippen molar-refractivity contribution in [2.45, 2.75) is 39.2 Å². The van der Waals surface area contributed by atoms with Crippen LogP contribution in [0.25, 0.3) is 0 Å². The molecule has 3 heteroatoms. The Morgan fingerprint density at radius 3 is 2.13 bits per heavy atom. The van der Waals surface area contributed by atoms with Crippen molar-refractivity contribution in [3.05, 3.63) is 23.5 Å². The SMILES string of the molecule is CCCCCCn1c(C=O)ccc1C=O. The van der Waals surface area contributed by atoms with Gasteiger partial charge in [0.25, 0.3) is 0 Å². The minimum absolute atomic E-state index is 0.591. The van der Waals surface area contributed by atoms with Crippen LogP contribution in [0.4, 0.5) is 0 Å². The summed E-state index contributed by atoms with van der Waals surface area (Å²) in [6.07, 6.45) is 6.15. The predicted molar refractivity (Wildman–Crippen MR) is 59.3 cm³/mol. The van der Waals surface area contributed by atoms with Crippen LogP contribution in [0.2, 0.25) is 0 Å². The summed E-state index contributed by atoms with van der Waals surface area (Å²) in [5.41, 5.74) is 1.18. The van der Waals surface area contributed by atoms with Gasteiger partial charge >= 0.3 is 0 Å². The molecule has 1 aromatic rings. The standard InChI is InChI=1S/C12H17NO2/c1-2-3-4-5-8-13-11(9-14)6-7-12(13)10-15/h6-7,9-10H,2-5,8H2,1H3. The first-order chi connectivity index (χ1) is 7.33. The molecule has 0 radical (unpaired) electrons. The second kappa shape index (κ2) is 6.17. The Labute approximate surface area is 90.1 Å². The van der Waals surface area contributed by atoms with E-state index in [2.05, 4.69) is 6.92 Å². The Balaban J connectivity index is 2.60. The normalized spacial score (nSPS) is 10.2. The van der Waals surface area contributed by atoms with Crippen molar-refractivity contribution >= 4 is 12.6 Å². The summed E-state index contributed by atoms with van der Waals surface area (Å²) in [6, 6.07) is 3.38. The molecule has 0 aliphatic rings. The number of rotatable bonds is 7. The van der Waals surface area contributed by atoms with E-state index < -0.39 is 0 Å². The average Bonchev–Trinajstić information content (AvgIpc) is 2.66. The number of unbranched alkanes of at least 4 members (excludes halogenated alkanes) is 3. The molecule has 1 rings (SSSR count). The highest BCUT2D eigenvalue weighted by Crippen LogP contribution is 2.09. The quantitative estimate of drug-likeness (QED) is 0.509. The van der Waals surface area contributed by atoms with E-state index in [1.165, 1.54) is 12.8 Å². The van der Waals surface area contributed by atoms with E-state index in [9.17, 15) is 9.59 Å². The molecular weight excluding hydrogens is 190 g/mol. The predicted octanol–water partition coefficient (Wildman–Crippen LogP) is 2.69. The minimum Gasteiger partial charge on any atom is -0.336 e. The minimum atomic E-state index is 0.591. The number of aromatic nitrogens is 1. The van der Waals surface area contributed by atoms with Gasteiger partial charge in [-0.05, 0) is 18.6 Å². The summed E-state index contributed by atoms with van der Waals surface area (Å²) in [4.78, 5) is 21.4. The Morgan fingerprint density at radius 2 is 1.67 bits per heavy atom. The van der Waals surface area contributed by atoms with E-state index in [1.54, 1.807) is 16.7 Å². The van der Waals surface area contributed by atoms with Crippen molar-refractivity contribution in [1.29, 1.82) is 0 Å². The zero-order chi connectivity index (χ0) is 11.1. The van der Waals surface area contributed by atoms with E-state index in [1.807, 2.05) is 0 Å². The van der Waals surface area contributed by atoms with Crippen LogP contribution >= 0.6 is 0 Å². The van der Waals surface area contributed by atoms with Gasteiger partial charge in [-0.3, -0.25) is 9.59 Å². The zero-order valence-electron chi connectivity index (χ0n) is 9.11. The fourth-order valence-electron chi connectivity index (χ4n) is 1.66. The van der Waals surface area contributed by atoms with Crippen molar-refractivity contribution in [1.82, 2.24) is 4.57 Å². The number of aldehydes is 2. The maximum absolute atomic E-state index is 10.7. The van der Waals surface area contributed by atoms with Crippen LogP contribution in [0.15, 0.2) is 12.1 Å². The molecule has 82 valence electrons. The van der Waals surface area contributed by atoms with Crippen molar-refractivity contribution in [2.75, 3.05) is 0 Å². The molecule has 0 unspecified atom stereocenters. The maximum Gasteiger partial charge on any atom is 0.166 e. The third-order valence-electron chi connectivity index (χ3n) is 2.52. The molecule has 0 saturated carbocycles. The van der Waals surface area contributed by atoms with Crippen LogP contribution in [-0.2, 0) is 6.54 Å². The van der Waals surface area contributed by atoms with Crippen LogP contribution in [0, 0.1) is 0 Å². The Kier molecular flexibility index (Phi) is 4.81. The van der Waals surface area contributed by atoms with Gasteiger partial charge in [-0.1, -0.05) is 26.2 Å². The lowest BCUT2D eigenvalue weighted by Gasteiger charge is -2.06. The molecule has 0 bridgehead atoms. The van der Waals surface area contributed by atoms with Crippen LogP contribution < -0.4 is 0 Å². The van der Waals surface area contributed by atoms with Gasteiger partial charge in [-0.25, -0.2) is 0 Å². The lowest BCUT2D eigenvalue weighted by molar-refractivity contribution is 0.111. The Hall–Kier alpha value is -1.38. The fraction of sp³-hybridized carbons (Fsp3) is 0.500. The first-order valence-electron chi connectivity index (χ1n) is 5.43. The first kappa shape index (κ1) is 11.7. The van der Waals surface area contributed by atoms with Gasteiger partial charge in [0, 0.05) is 6.54 Å². The van der Waals surface area contributed by atoms with Gasteiger partial charge < -0.3 is 4.57 Å². The van der Waals surface area contributed by atoms with E-state index in [4.69, 9.17) is 0 Å². The molecule has 0 aliphatic heterocycles. The maximum atomic E-state index is 10.7. The molecule has 0 amide bonds. The van der Waals surface area contributed by atoms with Gasteiger partial charge in [-0.15, -0.1) is 0 Å². The molecule has 0 saturated heterocycles. The summed E-state index contributed by atoms with van der Waals surface area (Å²) in [6.45, 7) is 2.92. The molecule has 0 atom stereocenters. The molecule has 1 heterocycles. The van der Waals surface area contributed by atoms with Gasteiger partial charge in [0.1, 0.15) is 0 Å². The molecule has 0 spiro atoms. The summed E-state index contributed by atoms with van der Waals surface area (Å²) in [5.74, 6) is 0. The number of hydrogen-bond donors (Lipinski definition) is 0. The number of hydrogen-bond acceptors (Lipinski definition) is 2.